The van der Waals surface area contributed by atoms with Crippen LogP contribution in [0.2, 0.25) is 0 Å². The fourth-order valence-corrected chi connectivity index (χ4v) is 2.09. The Bertz CT molecular complexity index is 798. The van der Waals surface area contributed by atoms with E-state index in [1.54, 1.807) is 0 Å². The monoisotopic (exact) mass is 539 g/mol. The minimum Gasteiger partial charge on any atom is -0.545 e. The van der Waals surface area contributed by atoms with Gasteiger partial charge in [-0.05, 0) is 12.0 Å². The largest absolute Gasteiger partial charge is 0.545 e. The SMILES string of the molecule is CC(C)C(OC(=O)C=CC(=O)[O-])C(F)(F)C(F)(F)C(F)(F)C(F)(F)C(F)(F)C(F)(F)C(F)(F)F. The lowest BCUT2D eigenvalue weighted by Crippen LogP contribution is -2.74. The highest BCUT2D eigenvalue weighted by molar-refractivity contribution is 5.90. The van der Waals surface area contributed by atoms with Gasteiger partial charge in [0.05, 0.1) is 5.97 Å². The quantitative estimate of drug-likeness (QED) is 0.237. The third-order valence-electron chi connectivity index (χ3n) is 3.91. The molecule has 0 bridgehead atoms. The maximum atomic E-state index is 14.2. The van der Waals surface area contributed by atoms with Crippen molar-refractivity contribution in [3.8, 4) is 0 Å². The summed E-state index contributed by atoms with van der Waals surface area (Å²) in [5.41, 5.74) is 0. The van der Waals surface area contributed by atoms with E-state index >= 15 is 0 Å². The molecule has 0 spiro atoms. The van der Waals surface area contributed by atoms with Crippen molar-refractivity contribution in [3.05, 3.63) is 12.2 Å². The van der Waals surface area contributed by atoms with Gasteiger partial charge in [-0.2, -0.15) is 65.9 Å². The number of esters is 1. The van der Waals surface area contributed by atoms with Gasteiger partial charge in [0.1, 0.15) is 0 Å². The zero-order chi connectivity index (χ0) is 27.9. The molecule has 0 N–H and O–H groups in total. The topological polar surface area (TPSA) is 66.4 Å². The van der Waals surface area contributed by atoms with Crippen LogP contribution >= 0.6 is 0 Å². The minimum atomic E-state index is -8.48. The van der Waals surface area contributed by atoms with E-state index in [0.717, 1.165) is 0 Å². The van der Waals surface area contributed by atoms with Crippen molar-refractivity contribution in [3.63, 3.8) is 0 Å². The number of hydrogen-bond acceptors (Lipinski definition) is 4. The highest BCUT2D eigenvalue weighted by Crippen LogP contribution is 2.63. The summed E-state index contributed by atoms with van der Waals surface area (Å²) in [6.07, 6.45) is -12.3. The molecule has 0 rings (SSSR count). The lowest BCUT2D eigenvalue weighted by atomic mass is 9.86. The Balaban J connectivity index is 6.67. The first kappa shape index (κ1) is 31.6. The molecule has 0 fully saturated rings. The summed E-state index contributed by atoms with van der Waals surface area (Å²) >= 11 is 0. The molecule has 0 saturated carbocycles. The van der Waals surface area contributed by atoms with E-state index in [0.29, 0.717) is 13.8 Å². The molecule has 0 aliphatic rings. The third kappa shape index (κ3) is 4.87. The summed E-state index contributed by atoms with van der Waals surface area (Å²) in [4.78, 5) is 21.3. The van der Waals surface area contributed by atoms with Crippen molar-refractivity contribution >= 4 is 11.9 Å². The van der Waals surface area contributed by atoms with Crippen LogP contribution < -0.4 is 5.11 Å². The summed E-state index contributed by atoms with van der Waals surface area (Å²) in [7, 11) is 0. The smallest absolute Gasteiger partial charge is 0.460 e. The van der Waals surface area contributed by atoms with Crippen molar-refractivity contribution in [2.75, 3.05) is 0 Å². The van der Waals surface area contributed by atoms with Gasteiger partial charge in [-0.1, -0.05) is 13.8 Å². The molecule has 0 saturated heterocycles. The number of rotatable bonds is 10. The van der Waals surface area contributed by atoms with Crippen LogP contribution in [0.3, 0.4) is 0 Å². The average molecular weight is 539 g/mol. The molecule has 1 unspecified atom stereocenters. The van der Waals surface area contributed by atoms with E-state index in [2.05, 4.69) is 4.74 Å². The molecule has 34 heavy (non-hydrogen) atoms. The van der Waals surface area contributed by atoms with Crippen LogP contribution in [0.5, 0.6) is 0 Å². The lowest BCUT2D eigenvalue weighted by Gasteiger charge is -2.43. The Hall–Kier alpha value is -2.37. The summed E-state index contributed by atoms with van der Waals surface area (Å²) in [6.45, 7) is 0.764. The van der Waals surface area contributed by atoms with E-state index in [1.807, 2.05) is 0 Å². The van der Waals surface area contributed by atoms with Gasteiger partial charge in [-0.25, -0.2) is 4.79 Å². The summed E-state index contributed by atoms with van der Waals surface area (Å²) in [6, 6.07) is 0. The van der Waals surface area contributed by atoms with E-state index in [1.165, 1.54) is 0 Å². The third-order valence-corrected chi connectivity index (χ3v) is 3.91. The number of halogens is 15. The van der Waals surface area contributed by atoms with Gasteiger partial charge in [0, 0.05) is 6.08 Å². The van der Waals surface area contributed by atoms with Crippen LogP contribution in [0.25, 0.3) is 0 Å². The van der Waals surface area contributed by atoms with E-state index in [4.69, 9.17) is 0 Å². The minimum absolute atomic E-state index is 0.265. The molecule has 0 heterocycles. The molecule has 0 amide bonds. The van der Waals surface area contributed by atoms with Crippen LogP contribution in [0.15, 0.2) is 12.2 Å². The number of aliphatic carboxylic acids is 1. The molecule has 0 aliphatic carbocycles. The standard InChI is InChI=1S/C15H11F15O4/c1-5(2)8(34-7(33)4-3-6(31)32)9(16,17)10(18,19)11(20,21)12(22,23)13(24,25)14(26,27)15(28,29)30/h3-5,8H,1-2H3,(H,31,32)/p-1. The zero-order valence-electron chi connectivity index (χ0n) is 16.1. The molecule has 0 aromatic carbocycles. The molecular formula is C15H10F15O4-. The Labute approximate surface area is 178 Å². The van der Waals surface area contributed by atoms with Gasteiger partial charge >= 0.3 is 47.7 Å². The van der Waals surface area contributed by atoms with Gasteiger partial charge in [0.25, 0.3) is 0 Å². The molecule has 0 radical (unpaired) electrons. The number of ether oxygens (including phenoxy) is 1. The van der Waals surface area contributed by atoms with Crippen LogP contribution in [0.4, 0.5) is 65.9 Å². The molecule has 200 valence electrons. The maximum Gasteiger partial charge on any atom is 0.460 e. The average Bonchev–Trinajstić information content (AvgIpc) is 2.62. The zero-order valence-corrected chi connectivity index (χ0v) is 16.1. The number of carboxylic acids is 1. The Morgan fingerprint density at radius 1 is 0.647 bits per heavy atom. The Morgan fingerprint density at radius 3 is 1.32 bits per heavy atom. The molecule has 1 atom stereocenters. The first-order valence-corrected chi connectivity index (χ1v) is 8.07. The van der Waals surface area contributed by atoms with E-state index in [-0.39, 0.29) is 12.2 Å². The highest BCUT2D eigenvalue weighted by atomic mass is 19.4. The first-order valence-electron chi connectivity index (χ1n) is 8.07. The second kappa shape index (κ2) is 9.01. The number of alkyl halides is 15. The number of carboxylic acid groups (broad SMARTS) is 1. The second-order valence-corrected chi connectivity index (χ2v) is 6.75. The van der Waals surface area contributed by atoms with Crippen LogP contribution in [-0.4, -0.2) is 59.8 Å². The lowest BCUT2D eigenvalue weighted by molar-refractivity contribution is -0.456. The molecule has 19 heteroatoms. The van der Waals surface area contributed by atoms with Crippen molar-refractivity contribution in [1.82, 2.24) is 0 Å². The predicted molar refractivity (Wildman–Crippen MR) is 74.6 cm³/mol. The van der Waals surface area contributed by atoms with Crippen LogP contribution in [0, 0.1) is 5.92 Å². The number of carbonyl (C=O) groups is 2. The Kier molecular flexibility index (Phi) is 8.38. The highest BCUT2D eigenvalue weighted by Gasteiger charge is 2.94. The predicted octanol–water partition coefficient (Wildman–Crippen LogP) is 4.23. The number of carbonyl (C=O) groups excluding carboxylic acids is 2. The van der Waals surface area contributed by atoms with Crippen LogP contribution in [-0.2, 0) is 14.3 Å². The first-order chi connectivity index (χ1) is 14.6. The van der Waals surface area contributed by atoms with Gasteiger partial charge in [-0.15, -0.1) is 0 Å². The molecule has 0 aliphatic heterocycles. The van der Waals surface area contributed by atoms with E-state index in [9.17, 15) is 80.6 Å². The van der Waals surface area contributed by atoms with Crippen molar-refractivity contribution in [2.45, 2.75) is 61.7 Å². The summed E-state index contributed by atoms with van der Waals surface area (Å²) in [5, 5.41) is 10.1. The fraction of sp³-hybridized carbons (Fsp3) is 0.733. The van der Waals surface area contributed by atoms with Crippen LogP contribution in [0.1, 0.15) is 13.8 Å². The molecule has 0 aromatic heterocycles. The molecular weight excluding hydrogens is 529 g/mol. The van der Waals surface area contributed by atoms with Gasteiger partial charge in [0.2, 0.25) is 0 Å². The number of hydrogen-bond donors (Lipinski definition) is 0. The van der Waals surface area contributed by atoms with Crippen molar-refractivity contribution in [1.29, 1.82) is 0 Å². The van der Waals surface area contributed by atoms with Crippen molar-refractivity contribution < 1.29 is 85.3 Å². The van der Waals surface area contributed by atoms with Gasteiger partial charge < -0.3 is 14.6 Å². The maximum absolute atomic E-state index is 14.2. The van der Waals surface area contributed by atoms with E-state index < -0.39 is 65.7 Å². The van der Waals surface area contributed by atoms with Gasteiger partial charge in [-0.3, -0.25) is 0 Å². The normalized spacial score (nSPS) is 16.2. The fourth-order valence-electron chi connectivity index (χ4n) is 2.09. The Morgan fingerprint density at radius 2 is 1.00 bits per heavy atom. The summed E-state index contributed by atoms with van der Waals surface area (Å²) < 4.78 is 202. The second-order valence-electron chi connectivity index (χ2n) is 6.75. The van der Waals surface area contributed by atoms with Gasteiger partial charge in [0.15, 0.2) is 6.10 Å². The molecule has 0 aromatic rings. The molecule has 4 nitrogen and oxygen atoms in total. The summed E-state index contributed by atoms with van der Waals surface area (Å²) in [5.74, 6) is -54.8. The van der Waals surface area contributed by atoms with Crippen molar-refractivity contribution in [2.24, 2.45) is 5.92 Å².